The van der Waals surface area contributed by atoms with Crippen molar-refractivity contribution < 1.29 is 4.79 Å². The molecule has 0 bridgehead atoms. The van der Waals surface area contributed by atoms with E-state index in [0.717, 1.165) is 31.2 Å². The lowest BCUT2D eigenvalue weighted by Crippen LogP contribution is -2.37. The topological polar surface area (TPSA) is 81.3 Å². The van der Waals surface area contributed by atoms with E-state index in [9.17, 15) is 9.59 Å². The van der Waals surface area contributed by atoms with Crippen molar-refractivity contribution in [3.63, 3.8) is 0 Å². The highest BCUT2D eigenvalue weighted by atomic mass is 16.2. The first-order valence-corrected chi connectivity index (χ1v) is 11.5. The summed E-state index contributed by atoms with van der Waals surface area (Å²) in [6.07, 6.45) is 3.92. The van der Waals surface area contributed by atoms with Crippen LogP contribution >= 0.6 is 0 Å². The number of benzene rings is 2. The number of nitrogens with one attached hydrogen (secondary N) is 1. The number of aryl methyl sites for hydroxylation is 3. The fraction of sp³-hybridized carbons (Fsp3) is 0.308. The fourth-order valence-electron chi connectivity index (χ4n) is 4.61. The van der Waals surface area contributed by atoms with Crippen LogP contribution < -0.4 is 10.9 Å². The minimum Gasteiger partial charge on any atom is -0.348 e. The summed E-state index contributed by atoms with van der Waals surface area (Å²) in [5.41, 5.74) is 5.42. The molecule has 1 aliphatic carbocycles. The van der Waals surface area contributed by atoms with Gasteiger partial charge in [-0.25, -0.2) is 9.20 Å². The molecule has 0 radical (unpaired) electrons. The predicted octanol–water partition coefficient (Wildman–Crippen LogP) is 3.62. The van der Waals surface area contributed by atoms with Crippen LogP contribution in [0.4, 0.5) is 0 Å². The highest BCUT2D eigenvalue weighted by Crippen LogP contribution is 2.29. The molecule has 0 aliphatic heterocycles. The first kappa shape index (κ1) is 21.1. The van der Waals surface area contributed by atoms with Crippen molar-refractivity contribution >= 4 is 11.4 Å². The molecule has 2 aromatic carbocycles. The van der Waals surface area contributed by atoms with Crippen LogP contribution in [0.1, 0.15) is 48.3 Å². The molecule has 4 aromatic rings. The average Bonchev–Trinajstić information content (AvgIpc) is 3.29. The van der Waals surface area contributed by atoms with Crippen molar-refractivity contribution in [1.29, 1.82) is 0 Å². The Morgan fingerprint density at radius 2 is 1.91 bits per heavy atom. The van der Waals surface area contributed by atoms with Crippen LogP contribution in [0.2, 0.25) is 0 Å². The normalized spacial score (nSPS) is 15.4. The number of nitrogens with zero attached hydrogens (tertiary/aromatic N) is 4. The Balaban J connectivity index is 1.40. The summed E-state index contributed by atoms with van der Waals surface area (Å²) in [4.78, 5) is 26.0. The SMILES string of the molecule is CCc1ccc(-c2cc3c(=O)n(CC(=O)N[C@H]4CCCc5ccccc54)nc(C)n3n2)cc1. The number of hydrogen-bond acceptors (Lipinski definition) is 4. The summed E-state index contributed by atoms with van der Waals surface area (Å²) < 4.78 is 2.79. The van der Waals surface area contributed by atoms with Gasteiger partial charge >= 0.3 is 0 Å². The summed E-state index contributed by atoms with van der Waals surface area (Å²) in [7, 11) is 0. The third kappa shape index (κ3) is 4.06. The minimum absolute atomic E-state index is 0.0318. The van der Waals surface area contributed by atoms with Crippen molar-refractivity contribution in [3.8, 4) is 11.3 Å². The Hall–Kier alpha value is -3.74. The molecular weight excluding hydrogens is 414 g/mol. The maximum atomic E-state index is 13.1. The van der Waals surface area contributed by atoms with E-state index >= 15 is 0 Å². The van der Waals surface area contributed by atoms with Crippen LogP contribution in [0.5, 0.6) is 0 Å². The Bertz CT molecular complexity index is 1380. The molecule has 0 saturated heterocycles. The van der Waals surface area contributed by atoms with Gasteiger partial charge in [0, 0.05) is 5.56 Å². The Labute approximate surface area is 192 Å². The Kier molecular flexibility index (Phi) is 5.54. The van der Waals surface area contributed by atoms with E-state index in [1.54, 1.807) is 17.5 Å². The molecule has 0 saturated carbocycles. The van der Waals surface area contributed by atoms with Crippen LogP contribution in [0.3, 0.4) is 0 Å². The predicted molar refractivity (Wildman–Crippen MR) is 127 cm³/mol. The smallest absolute Gasteiger partial charge is 0.293 e. The molecule has 0 fully saturated rings. The number of carbonyl (C=O) groups excluding carboxylic acids is 1. The summed E-state index contributed by atoms with van der Waals surface area (Å²) >= 11 is 0. The van der Waals surface area contributed by atoms with E-state index in [2.05, 4.69) is 46.7 Å². The van der Waals surface area contributed by atoms with E-state index in [4.69, 9.17) is 0 Å². The third-order valence-corrected chi connectivity index (χ3v) is 6.39. The highest BCUT2D eigenvalue weighted by molar-refractivity contribution is 5.76. The monoisotopic (exact) mass is 441 g/mol. The van der Waals surface area contributed by atoms with Crippen molar-refractivity contribution in [3.05, 3.63) is 87.5 Å². The number of hydrogen-bond donors (Lipinski definition) is 1. The van der Waals surface area contributed by atoms with Gasteiger partial charge in [-0.1, -0.05) is 55.5 Å². The Morgan fingerprint density at radius 3 is 2.70 bits per heavy atom. The summed E-state index contributed by atoms with van der Waals surface area (Å²) in [5, 5.41) is 12.0. The molecule has 1 N–H and O–H groups in total. The summed E-state index contributed by atoms with van der Waals surface area (Å²) in [5.74, 6) is 0.335. The van der Waals surface area contributed by atoms with Gasteiger partial charge in [-0.2, -0.15) is 10.2 Å². The first-order valence-electron chi connectivity index (χ1n) is 11.5. The number of amides is 1. The molecule has 5 rings (SSSR count). The van der Waals surface area contributed by atoms with E-state index < -0.39 is 0 Å². The van der Waals surface area contributed by atoms with Gasteiger partial charge in [0.05, 0.1) is 11.7 Å². The van der Waals surface area contributed by atoms with Crippen molar-refractivity contribution in [2.75, 3.05) is 0 Å². The number of aromatic nitrogens is 4. The molecule has 168 valence electrons. The van der Waals surface area contributed by atoms with E-state index in [1.807, 2.05) is 24.3 Å². The molecule has 7 heteroatoms. The number of carbonyl (C=O) groups is 1. The second-order valence-electron chi connectivity index (χ2n) is 8.60. The molecule has 1 amide bonds. The standard InChI is InChI=1S/C26H27N5O2/c1-3-18-11-13-20(14-12-18)23-15-24-26(33)30(28-17(2)31(24)29-23)16-25(32)27-22-10-6-8-19-7-4-5-9-21(19)22/h4-5,7,9,11-15,22H,3,6,8,10,16H2,1-2H3,(H,27,32)/t22-/m0/s1. The molecule has 0 spiro atoms. The molecule has 2 heterocycles. The highest BCUT2D eigenvalue weighted by Gasteiger charge is 2.22. The maximum Gasteiger partial charge on any atom is 0.293 e. The van der Waals surface area contributed by atoms with Gasteiger partial charge in [-0.3, -0.25) is 9.59 Å². The lowest BCUT2D eigenvalue weighted by atomic mass is 9.88. The van der Waals surface area contributed by atoms with Gasteiger partial charge in [-0.15, -0.1) is 0 Å². The van der Waals surface area contributed by atoms with Gasteiger partial charge in [0.2, 0.25) is 5.91 Å². The van der Waals surface area contributed by atoms with Crippen LogP contribution in [-0.2, 0) is 24.2 Å². The van der Waals surface area contributed by atoms with Gasteiger partial charge in [-0.05, 0) is 55.4 Å². The van der Waals surface area contributed by atoms with Crippen molar-refractivity contribution in [2.45, 2.75) is 52.1 Å². The molecular formula is C26H27N5O2. The van der Waals surface area contributed by atoms with Gasteiger partial charge in [0.1, 0.15) is 17.9 Å². The zero-order valence-corrected chi connectivity index (χ0v) is 18.9. The van der Waals surface area contributed by atoms with Gasteiger partial charge in [0.15, 0.2) is 0 Å². The lowest BCUT2D eigenvalue weighted by Gasteiger charge is -2.26. The quantitative estimate of drug-likeness (QED) is 0.513. The third-order valence-electron chi connectivity index (χ3n) is 6.39. The summed E-state index contributed by atoms with van der Waals surface area (Å²) in [6, 6.07) is 18.1. The van der Waals surface area contributed by atoms with Crippen molar-refractivity contribution in [1.82, 2.24) is 24.7 Å². The van der Waals surface area contributed by atoms with Gasteiger partial charge < -0.3 is 5.32 Å². The minimum atomic E-state index is -0.330. The fourth-order valence-corrected chi connectivity index (χ4v) is 4.61. The molecule has 1 atom stereocenters. The molecule has 1 aliphatic rings. The molecule has 0 unspecified atom stereocenters. The molecule has 7 nitrogen and oxygen atoms in total. The zero-order chi connectivity index (χ0) is 22.9. The van der Waals surface area contributed by atoms with Crippen molar-refractivity contribution in [2.24, 2.45) is 0 Å². The maximum absolute atomic E-state index is 13.1. The van der Waals surface area contributed by atoms with E-state index in [-0.39, 0.29) is 24.1 Å². The van der Waals surface area contributed by atoms with Crippen LogP contribution in [-0.4, -0.2) is 25.3 Å². The van der Waals surface area contributed by atoms with Crippen LogP contribution in [0, 0.1) is 6.92 Å². The number of rotatable bonds is 5. The van der Waals surface area contributed by atoms with Crippen LogP contribution in [0.25, 0.3) is 16.8 Å². The zero-order valence-electron chi connectivity index (χ0n) is 18.9. The molecule has 33 heavy (non-hydrogen) atoms. The first-order chi connectivity index (χ1) is 16.0. The van der Waals surface area contributed by atoms with E-state index in [1.165, 1.54) is 21.4 Å². The second-order valence-corrected chi connectivity index (χ2v) is 8.60. The number of fused-ring (bicyclic) bond motifs is 2. The van der Waals surface area contributed by atoms with E-state index in [0.29, 0.717) is 17.0 Å². The average molecular weight is 442 g/mol. The van der Waals surface area contributed by atoms with Gasteiger partial charge in [0.25, 0.3) is 5.56 Å². The summed E-state index contributed by atoms with van der Waals surface area (Å²) in [6.45, 7) is 3.77. The van der Waals surface area contributed by atoms with Crippen LogP contribution in [0.15, 0.2) is 59.4 Å². The Morgan fingerprint density at radius 1 is 1.12 bits per heavy atom. The molecule has 2 aromatic heterocycles. The largest absolute Gasteiger partial charge is 0.348 e. The second kappa shape index (κ2) is 8.65. The lowest BCUT2D eigenvalue weighted by molar-refractivity contribution is -0.122.